The molecule has 5 heteroatoms. The Bertz CT molecular complexity index is 490. The lowest BCUT2D eigenvalue weighted by atomic mass is 10.2. The zero-order chi connectivity index (χ0) is 11.0. The highest BCUT2D eigenvalue weighted by Gasteiger charge is 2.23. The molecule has 2 aromatic rings. The smallest absolute Gasteiger partial charge is 0.315 e. The van der Waals surface area contributed by atoms with Crippen molar-refractivity contribution in [1.82, 2.24) is 10.2 Å². The van der Waals surface area contributed by atoms with Gasteiger partial charge in [-0.1, -0.05) is 5.10 Å². The lowest BCUT2D eigenvalue weighted by molar-refractivity contribution is 0.580. The second-order valence-electron chi connectivity index (χ2n) is 3.84. The Balaban J connectivity index is 1.82. The first-order valence-electron chi connectivity index (χ1n) is 5.17. The number of anilines is 1. The highest BCUT2D eigenvalue weighted by molar-refractivity contribution is 5.53. The zero-order valence-electron chi connectivity index (χ0n) is 8.48. The summed E-state index contributed by atoms with van der Waals surface area (Å²) in [6, 6.07) is 6.87. The molecule has 1 heterocycles. The van der Waals surface area contributed by atoms with Gasteiger partial charge >= 0.3 is 6.01 Å². The van der Waals surface area contributed by atoms with Crippen LogP contribution in [0.15, 0.2) is 28.7 Å². The molecule has 0 saturated heterocycles. The Morgan fingerprint density at radius 3 is 2.62 bits per heavy atom. The van der Waals surface area contributed by atoms with E-state index in [1.165, 1.54) is 12.1 Å². The van der Waals surface area contributed by atoms with Crippen LogP contribution in [0, 0.1) is 5.82 Å². The van der Waals surface area contributed by atoms with Crippen LogP contribution in [0.5, 0.6) is 0 Å². The summed E-state index contributed by atoms with van der Waals surface area (Å²) in [5.74, 6) is 0.128. The van der Waals surface area contributed by atoms with Crippen LogP contribution < -0.4 is 5.32 Å². The van der Waals surface area contributed by atoms with Crippen molar-refractivity contribution in [2.75, 3.05) is 5.32 Å². The van der Waals surface area contributed by atoms with Gasteiger partial charge in [0, 0.05) is 11.6 Å². The van der Waals surface area contributed by atoms with Crippen LogP contribution >= 0.6 is 0 Å². The molecule has 1 fully saturated rings. The first-order chi connectivity index (χ1) is 7.81. The Morgan fingerprint density at radius 1 is 1.19 bits per heavy atom. The van der Waals surface area contributed by atoms with Gasteiger partial charge in [-0.25, -0.2) is 4.39 Å². The van der Waals surface area contributed by atoms with Crippen LogP contribution in [0.1, 0.15) is 12.8 Å². The fraction of sp³-hybridized carbons (Fsp3) is 0.273. The van der Waals surface area contributed by atoms with Gasteiger partial charge in [0.15, 0.2) is 0 Å². The second kappa shape index (κ2) is 3.59. The molecule has 0 spiro atoms. The van der Waals surface area contributed by atoms with Crippen LogP contribution in [-0.4, -0.2) is 16.2 Å². The summed E-state index contributed by atoms with van der Waals surface area (Å²) in [6.45, 7) is 0. The molecule has 0 atom stereocenters. The summed E-state index contributed by atoms with van der Waals surface area (Å²) in [5, 5.41) is 10.9. The lowest BCUT2D eigenvalue weighted by Gasteiger charge is -1.95. The third-order valence-corrected chi connectivity index (χ3v) is 2.42. The molecule has 3 rings (SSSR count). The van der Waals surface area contributed by atoms with E-state index in [-0.39, 0.29) is 5.82 Å². The second-order valence-corrected chi connectivity index (χ2v) is 3.84. The molecule has 0 bridgehead atoms. The predicted molar refractivity (Wildman–Crippen MR) is 56.3 cm³/mol. The Morgan fingerprint density at radius 2 is 1.94 bits per heavy atom. The van der Waals surface area contributed by atoms with Crippen molar-refractivity contribution in [2.24, 2.45) is 0 Å². The van der Waals surface area contributed by atoms with E-state index in [0.717, 1.165) is 18.4 Å². The molecule has 0 aliphatic heterocycles. The highest BCUT2D eigenvalue weighted by Crippen LogP contribution is 2.26. The lowest BCUT2D eigenvalue weighted by Crippen LogP contribution is -2.00. The molecule has 0 amide bonds. The van der Waals surface area contributed by atoms with E-state index < -0.39 is 0 Å². The molecule has 1 aliphatic rings. The summed E-state index contributed by atoms with van der Waals surface area (Å²) < 4.78 is 18.1. The van der Waals surface area contributed by atoms with Crippen molar-refractivity contribution in [3.05, 3.63) is 30.1 Å². The van der Waals surface area contributed by atoms with Crippen LogP contribution in [0.4, 0.5) is 10.4 Å². The molecule has 16 heavy (non-hydrogen) atoms. The monoisotopic (exact) mass is 219 g/mol. The summed E-state index contributed by atoms with van der Waals surface area (Å²) in [6.07, 6.45) is 2.29. The molecule has 82 valence electrons. The topological polar surface area (TPSA) is 51.0 Å². The number of halogens is 1. The maximum Gasteiger partial charge on any atom is 0.315 e. The fourth-order valence-electron chi connectivity index (χ4n) is 1.39. The molecule has 0 radical (unpaired) electrons. The number of rotatable bonds is 3. The van der Waals surface area contributed by atoms with E-state index >= 15 is 0 Å². The van der Waals surface area contributed by atoms with Gasteiger partial charge < -0.3 is 9.73 Å². The molecule has 0 unspecified atom stereocenters. The van der Waals surface area contributed by atoms with Crippen LogP contribution in [-0.2, 0) is 0 Å². The minimum atomic E-state index is -0.278. The average Bonchev–Trinajstić information content (AvgIpc) is 2.97. The minimum absolute atomic E-state index is 0.278. The van der Waals surface area contributed by atoms with Crippen molar-refractivity contribution in [3.63, 3.8) is 0 Å². The van der Waals surface area contributed by atoms with E-state index in [2.05, 4.69) is 15.5 Å². The van der Waals surface area contributed by atoms with Gasteiger partial charge in [-0.05, 0) is 37.1 Å². The molecule has 1 N–H and O–H groups in total. The van der Waals surface area contributed by atoms with E-state index in [1.807, 2.05) is 0 Å². The first kappa shape index (κ1) is 9.33. The summed E-state index contributed by atoms with van der Waals surface area (Å²) in [4.78, 5) is 0. The SMILES string of the molecule is Fc1ccc(-c2nnc(NC3CC3)o2)cc1. The maximum atomic E-state index is 12.7. The van der Waals surface area contributed by atoms with Crippen LogP contribution in [0.25, 0.3) is 11.5 Å². The third-order valence-electron chi connectivity index (χ3n) is 2.42. The van der Waals surface area contributed by atoms with E-state index in [9.17, 15) is 4.39 Å². The average molecular weight is 219 g/mol. The standard InChI is InChI=1S/C11H10FN3O/c12-8-3-1-7(2-4-8)10-14-15-11(16-10)13-9-5-6-9/h1-4,9H,5-6H2,(H,13,15). The minimum Gasteiger partial charge on any atom is -0.403 e. The third kappa shape index (κ3) is 1.88. The number of benzene rings is 1. The number of nitrogens with zero attached hydrogens (tertiary/aromatic N) is 2. The molecule has 1 aliphatic carbocycles. The Labute approximate surface area is 91.5 Å². The molecule has 1 saturated carbocycles. The number of aromatic nitrogens is 2. The van der Waals surface area contributed by atoms with Gasteiger partial charge in [0.1, 0.15) is 5.82 Å². The summed E-state index contributed by atoms with van der Waals surface area (Å²) in [7, 11) is 0. The molecular formula is C11H10FN3O. The Hall–Kier alpha value is -1.91. The van der Waals surface area contributed by atoms with Gasteiger partial charge in [-0.2, -0.15) is 0 Å². The van der Waals surface area contributed by atoms with Crippen molar-refractivity contribution in [3.8, 4) is 11.5 Å². The molecule has 4 nitrogen and oxygen atoms in total. The molecule has 1 aromatic carbocycles. The Kier molecular flexibility index (Phi) is 2.09. The summed E-state index contributed by atoms with van der Waals surface area (Å²) >= 11 is 0. The maximum absolute atomic E-state index is 12.7. The van der Waals surface area contributed by atoms with Crippen molar-refractivity contribution >= 4 is 6.01 Å². The van der Waals surface area contributed by atoms with Gasteiger partial charge in [0.05, 0.1) is 0 Å². The molecular weight excluding hydrogens is 209 g/mol. The van der Waals surface area contributed by atoms with Crippen molar-refractivity contribution in [1.29, 1.82) is 0 Å². The van der Waals surface area contributed by atoms with Gasteiger partial charge in [0.2, 0.25) is 5.89 Å². The van der Waals surface area contributed by atoms with Crippen molar-refractivity contribution in [2.45, 2.75) is 18.9 Å². The normalized spacial score (nSPS) is 15.1. The van der Waals surface area contributed by atoms with Gasteiger partial charge in [-0.15, -0.1) is 5.10 Å². The van der Waals surface area contributed by atoms with Gasteiger partial charge in [-0.3, -0.25) is 0 Å². The number of hydrogen-bond donors (Lipinski definition) is 1. The first-order valence-corrected chi connectivity index (χ1v) is 5.17. The quantitative estimate of drug-likeness (QED) is 0.861. The van der Waals surface area contributed by atoms with E-state index in [1.54, 1.807) is 12.1 Å². The molecule has 1 aromatic heterocycles. The van der Waals surface area contributed by atoms with Crippen molar-refractivity contribution < 1.29 is 8.81 Å². The number of nitrogens with one attached hydrogen (secondary N) is 1. The van der Waals surface area contributed by atoms with Crippen LogP contribution in [0.2, 0.25) is 0 Å². The zero-order valence-corrected chi connectivity index (χ0v) is 8.48. The van der Waals surface area contributed by atoms with Gasteiger partial charge in [0.25, 0.3) is 0 Å². The number of hydrogen-bond acceptors (Lipinski definition) is 4. The van der Waals surface area contributed by atoms with E-state index in [0.29, 0.717) is 17.9 Å². The highest BCUT2D eigenvalue weighted by atomic mass is 19.1. The summed E-state index contributed by atoms with van der Waals surface area (Å²) in [5.41, 5.74) is 0.720. The van der Waals surface area contributed by atoms with Crippen LogP contribution in [0.3, 0.4) is 0 Å². The largest absolute Gasteiger partial charge is 0.403 e. The fourth-order valence-corrected chi connectivity index (χ4v) is 1.39. The predicted octanol–water partition coefficient (Wildman–Crippen LogP) is 2.45. The van der Waals surface area contributed by atoms with E-state index in [4.69, 9.17) is 4.42 Å².